The van der Waals surface area contributed by atoms with E-state index < -0.39 is 12.0 Å². The molecule has 1 aliphatic rings. The summed E-state index contributed by atoms with van der Waals surface area (Å²) in [7, 11) is 1.26. The minimum atomic E-state index is -0.669. The van der Waals surface area contributed by atoms with Crippen molar-refractivity contribution in [2.75, 3.05) is 19.4 Å². The summed E-state index contributed by atoms with van der Waals surface area (Å²) >= 11 is 1.53. The van der Waals surface area contributed by atoms with Crippen molar-refractivity contribution in [2.24, 2.45) is 0 Å². The van der Waals surface area contributed by atoms with Crippen molar-refractivity contribution in [3.8, 4) is 0 Å². The van der Waals surface area contributed by atoms with Crippen LogP contribution in [0, 0.1) is 0 Å². The van der Waals surface area contributed by atoms with E-state index in [9.17, 15) is 14.4 Å². The number of nitrogens with zero attached hydrogens (tertiary/aromatic N) is 1. The van der Waals surface area contributed by atoms with Gasteiger partial charge in [0.1, 0.15) is 18.0 Å². The Labute approximate surface area is 161 Å². The molecule has 2 aromatic rings. The second-order valence-electron chi connectivity index (χ2n) is 5.98. The SMILES string of the molecule is COC(=O)CNC(=O)[C@@H]1CS[C@H](c2ccccc2)N1C(=O)c1ccccc1. The normalized spacial score (nSPS) is 18.8. The third kappa shape index (κ3) is 4.31. The zero-order chi connectivity index (χ0) is 19.2. The molecule has 1 N–H and O–H groups in total. The maximum Gasteiger partial charge on any atom is 0.325 e. The number of carbonyl (C=O) groups is 3. The molecule has 1 aliphatic heterocycles. The molecule has 0 bridgehead atoms. The Morgan fingerprint density at radius 2 is 1.70 bits per heavy atom. The highest BCUT2D eigenvalue weighted by atomic mass is 32.2. The molecule has 7 heteroatoms. The van der Waals surface area contributed by atoms with Gasteiger partial charge in [-0.2, -0.15) is 0 Å². The molecule has 2 amide bonds. The lowest BCUT2D eigenvalue weighted by atomic mass is 10.1. The van der Waals surface area contributed by atoms with Crippen molar-refractivity contribution in [2.45, 2.75) is 11.4 Å². The van der Waals surface area contributed by atoms with Crippen LogP contribution in [-0.2, 0) is 14.3 Å². The van der Waals surface area contributed by atoms with Crippen LogP contribution in [0.4, 0.5) is 0 Å². The van der Waals surface area contributed by atoms with Gasteiger partial charge in [-0.05, 0) is 17.7 Å². The van der Waals surface area contributed by atoms with Crippen molar-refractivity contribution < 1.29 is 19.1 Å². The van der Waals surface area contributed by atoms with Gasteiger partial charge in [0.2, 0.25) is 5.91 Å². The average Bonchev–Trinajstić information content (AvgIpc) is 3.17. The summed E-state index contributed by atoms with van der Waals surface area (Å²) in [6.45, 7) is -0.222. The van der Waals surface area contributed by atoms with Crippen molar-refractivity contribution >= 4 is 29.5 Å². The van der Waals surface area contributed by atoms with E-state index in [0.717, 1.165) is 5.56 Å². The van der Waals surface area contributed by atoms with Gasteiger partial charge in [-0.15, -0.1) is 11.8 Å². The number of benzene rings is 2. The summed E-state index contributed by atoms with van der Waals surface area (Å²) in [5, 5.41) is 2.29. The molecular formula is C20H20N2O4S. The minimum Gasteiger partial charge on any atom is -0.468 e. The van der Waals surface area contributed by atoms with Gasteiger partial charge in [0.05, 0.1) is 7.11 Å². The first-order valence-electron chi connectivity index (χ1n) is 8.50. The Hall–Kier alpha value is -2.80. The third-order valence-corrected chi connectivity index (χ3v) is 5.60. The fourth-order valence-corrected chi connectivity index (χ4v) is 4.34. The number of methoxy groups -OCH3 is 1. The lowest BCUT2D eigenvalue weighted by Gasteiger charge is -2.29. The Kier molecular flexibility index (Phi) is 6.13. The summed E-state index contributed by atoms with van der Waals surface area (Å²) in [6.07, 6.45) is 0. The highest BCUT2D eigenvalue weighted by Gasteiger charge is 2.42. The molecular weight excluding hydrogens is 364 g/mol. The number of esters is 1. The van der Waals surface area contributed by atoms with Crippen molar-refractivity contribution in [3.05, 3.63) is 71.8 Å². The van der Waals surface area contributed by atoms with Gasteiger partial charge in [-0.25, -0.2) is 0 Å². The number of ether oxygens (including phenoxy) is 1. The smallest absolute Gasteiger partial charge is 0.325 e. The fraction of sp³-hybridized carbons (Fsp3) is 0.250. The highest BCUT2D eigenvalue weighted by Crippen LogP contribution is 2.42. The van der Waals surface area contributed by atoms with E-state index in [2.05, 4.69) is 10.1 Å². The molecule has 0 unspecified atom stereocenters. The van der Waals surface area contributed by atoms with E-state index in [1.54, 1.807) is 29.2 Å². The van der Waals surface area contributed by atoms with Crippen LogP contribution in [0.15, 0.2) is 60.7 Å². The van der Waals surface area contributed by atoms with E-state index in [1.807, 2.05) is 36.4 Å². The predicted octanol–water partition coefficient (Wildman–Crippen LogP) is 2.23. The zero-order valence-electron chi connectivity index (χ0n) is 14.8. The molecule has 6 nitrogen and oxygen atoms in total. The Morgan fingerprint density at radius 3 is 2.33 bits per heavy atom. The van der Waals surface area contributed by atoms with Crippen LogP contribution >= 0.6 is 11.8 Å². The quantitative estimate of drug-likeness (QED) is 0.800. The molecule has 27 heavy (non-hydrogen) atoms. The zero-order valence-corrected chi connectivity index (χ0v) is 15.6. The van der Waals surface area contributed by atoms with Crippen LogP contribution in [-0.4, -0.2) is 48.1 Å². The number of hydrogen-bond donors (Lipinski definition) is 1. The van der Waals surface area contributed by atoms with Crippen molar-refractivity contribution in [1.82, 2.24) is 10.2 Å². The van der Waals surface area contributed by atoms with Gasteiger partial charge in [0.15, 0.2) is 0 Å². The Morgan fingerprint density at radius 1 is 1.07 bits per heavy atom. The molecule has 0 spiro atoms. The van der Waals surface area contributed by atoms with E-state index in [-0.39, 0.29) is 23.7 Å². The monoisotopic (exact) mass is 384 g/mol. The van der Waals surface area contributed by atoms with E-state index in [4.69, 9.17) is 0 Å². The van der Waals surface area contributed by atoms with E-state index in [1.165, 1.54) is 18.9 Å². The molecule has 2 aromatic carbocycles. The third-order valence-electron chi connectivity index (χ3n) is 4.28. The van der Waals surface area contributed by atoms with Crippen LogP contribution in [0.25, 0.3) is 0 Å². The van der Waals surface area contributed by atoms with Gasteiger partial charge in [0.25, 0.3) is 5.91 Å². The van der Waals surface area contributed by atoms with Crippen LogP contribution in [0.3, 0.4) is 0 Å². The molecule has 0 radical (unpaired) electrons. The molecule has 0 aromatic heterocycles. The molecule has 140 valence electrons. The Balaban J connectivity index is 1.87. The standard InChI is InChI=1S/C20H20N2O4S/c1-26-17(23)12-21-18(24)16-13-27-20(15-10-6-3-7-11-15)22(16)19(25)14-8-4-2-5-9-14/h2-11,16,20H,12-13H2,1H3,(H,21,24)/t16-,20+/m0/s1. The molecule has 2 atom stereocenters. The van der Waals surface area contributed by atoms with Gasteiger partial charge in [-0.3, -0.25) is 14.4 Å². The number of carbonyl (C=O) groups excluding carboxylic acids is 3. The fourth-order valence-electron chi connectivity index (χ4n) is 2.91. The van der Waals surface area contributed by atoms with Crippen LogP contribution in [0.2, 0.25) is 0 Å². The molecule has 0 aliphatic carbocycles. The summed E-state index contributed by atoms with van der Waals surface area (Å²) in [6, 6.07) is 17.8. The molecule has 3 rings (SSSR count). The topological polar surface area (TPSA) is 75.7 Å². The number of hydrogen-bond acceptors (Lipinski definition) is 5. The summed E-state index contributed by atoms with van der Waals surface area (Å²) in [4.78, 5) is 38.8. The first-order valence-corrected chi connectivity index (χ1v) is 9.55. The number of nitrogens with one attached hydrogen (secondary N) is 1. The predicted molar refractivity (Wildman–Crippen MR) is 103 cm³/mol. The van der Waals surface area contributed by atoms with Gasteiger partial charge < -0.3 is 15.0 Å². The number of amides is 2. The summed E-state index contributed by atoms with van der Waals surface area (Å²) in [5.41, 5.74) is 1.47. The second kappa shape index (κ2) is 8.73. The van der Waals surface area contributed by atoms with E-state index >= 15 is 0 Å². The molecule has 1 heterocycles. The summed E-state index contributed by atoms with van der Waals surface area (Å²) < 4.78 is 4.56. The van der Waals surface area contributed by atoms with Gasteiger partial charge >= 0.3 is 5.97 Å². The first kappa shape index (κ1) is 19.0. The molecule has 1 saturated heterocycles. The maximum absolute atomic E-state index is 13.2. The average molecular weight is 384 g/mol. The minimum absolute atomic E-state index is 0.215. The number of rotatable bonds is 5. The van der Waals surface area contributed by atoms with Crippen LogP contribution < -0.4 is 5.32 Å². The van der Waals surface area contributed by atoms with E-state index in [0.29, 0.717) is 11.3 Å². The van der Waals surface area contributed by atoms with Crippen molar-refractivity contribution in [1.29, 1.82) is 0 Å². The maximum atomic E-state index is 13.2. The first-order chi connectivity index (χ1) is 13.1. The molecule has 1 fully saturated rings. The second-order valence-corrected chi connectivity index (χ2v) is 7.10. The number of thioether (sulfide) groups is 1. The lowest BCUT2D eigenvalue weighted by molar-refractivity contribution is -0.141. The van der Waals surface area contributed by atoms with Crippen LogP contribution in [0.1, 0.15) is 21.3 Å². The Bertz CT molecular complexity index is 813. The highest BCUT2D eigenvalue weighted by molar-refractivity contribution is 7.99. The van der Waals surface area contributed by atoms with Gasteiger partial charge in [0, 0.05) is 11.3 Å². The summed E-state index contributed by atoms with van der Waals surface area (Å²) in [5.74, 6) is -0.664. The van der Waals surface area contributed by atoms with Gasteiger partial charge in [-0.1, -0.05) is 48.5 Å². The van der Waals surface area contributed by atoms with Crippen LogP contribution in [0.5, 0.6) is 0 Å². The molecule has 0 saturated carbocycles. The largest absolute Gasteiger partial charge is 0.468 e. The van der Waals surface area contributed by atoms with Crippen molar-refractivity contribution in [3.63, 3.8) is 0 Å². The lowest BCUT2D eigenvalue weighted by Crippen LogP contribution is -2.49.